The quantitative estimate of drug-likeness (QED) is 0.737. The van der Waals surface area contributed by atoms with Crippen molar-refractivity contribution in [3.8, 4) is 23.8 Å². The molecule has 18 heavy (non-hydrogen) atoms. The average Bonchev–Trinajstić information content (AvgIpc) is 2.97. The summed E-state index contributed by atoms with van der Waals surface area (Å²) in [5.74, 6) is 4.27. The highest BCUT2D eigenvalue weighted by molar-refractivity contribution is 5.79. The Labute approximate surface area is 105 Å². The van der Waals surface area contributed by atoms with Crippen LogP contribution < -0.4 is 9.47 Å². The molecule has 0 bridgehead atoms. The number of likely N-dealkylation sites (tertiary alicyclic amines) is 1. The van der Waals surface area contributed by atoms with E-state index in [0.29, 0.717) is 19.5 Å². The predicted molar refractivity (Wildman–Crippen MR) is 64.9 cm³/mol. The number of para-hydroxylation sites is 1. The topological polar surface area (TPSA) is 38.8 Å². The van der Waals surface area contributed by atoms with E-state index in [2.05, 4.69) is 5.92 Å². The first kappa shape index (κ1) is 11.0. The van der Waals surface area contributed by atoms with Crippen LogP contribution in [-0.4, -0.2) is 24.1 Å². The number of carbonyl (C=O) groups excluding carboxylic acids is 1. The third-order valence-corrected chi connectivity index (χ3v) is 3.29. The van der Waals surface area contributed by atoms with Crippen molar-refractivity contribution in [1.82, 2.24) is 4.90 Å². The largest absolute Gasteiger partial charge is 0.454 e. The number of terminal acetylenes is 1. The van der Waals surface area contributed by atoms with E-state index < -0.39 is 0 Å². The highest BCUT2D eigenvalue weighted by Crippen LogP contribution is 2.36. The van der Waals surface area contributed by atoms with Gasteiger partial charge in [0.05, 0.1) is 0 Å². The minimum absolute atomic E-state index is 0.0337. The zero-order valence-electron chi connectivity index (χ0n) is 9.89. The Balaban J connectivity index is 1.80. The van der Waals surface area contributed by atoms with Gasteiger partial charge >= 0.3 is 0 Å². The molecule has 2 aliphatic rings. The SMILES string of the molecule is C#CC1CC(=O)N(Cc2cccc3c2OCO3)C1. The van der Waals surface area contributed by atoms with Crippen molar-refractivity contribution in [3.63, 3.8) is 0 Å². The third kappa shape index (κ3) is 1.78. The molecule has 92 valence electrons. The van der Waals surface area contributed by atoms with Gasteiger partial charge in [0, 0.05) is 31.0 Å². The fourth-order valence-electron chi connectivity index (χ4n) is 2.36. The van der Waals surface area contributed by atoms with E-state index in [-0.39, 0.29) is 18.6 Å². The van der Waals surface area contributed by atoms with Crippen LogP contribution in [0.2, 0.25) is 0 Å². The van der Waals surface area contributed by atoms with Gasteiger partial charge in [-0.1, -0.05) is 12.1 Å². The van der Waals surface area contributed by atoms with Gasteiger partial charge in [0.25, 0.3) is 0 Å². The van der Waals surface area contributed by atoms with Gasteiger partial charge in [-0.15, -0.1) is 12.3 Å². The van der Waals surface area contributed by atoms with Crippen LogP contribution in [0.25, 0.3) is 0 Å². The molecule has 1 saturated heterocycles. The van der Waals surface area contributed by atoms with Crippen molar-refractivity contribution in [2.45, 2.75) is 13.0 Å². The van der Waals surface area contributed by atoms with Gasteiger partial charge < -0.3 is 14.4 Å². The molecule has 0 radical (unpaired) electrons. The number of benzene rings is 1. The maximum absolute atomic E-state index is 11.8. The molecule has 4 nitrogen and oxygen atoms in total. The summed E-state index contributed by atoms with van der Waals surface area (Å²) in [7, 11) is 0. The van der Waals surface area contributed by atoms with Crippen LogP contribution in [-0.2, 0) is 11.3 Å². The van der Waals surface area contributed by atoms with Crippen molar-refractivity contribution >= 4 is 5.91 Å². The summed E-state index contributed by atoms with van der Waals surface area (Å²) in [6.07, 6.45) is 5.82. The number of rotatable bonds is 2. The molecule has 2 heterocycles. The maximum atomic E-state index is 11.8. The molecule has 1 aromatic rings. The minimum atomic E-state index is 0.0337. The van der Waals surface area contributed by atoms with Crippen molar-refractivity contribution in [3.05, 3.63) is 23.8 Å². The summed E-state index contributed by atoms with van der Waals surface area (Å²) in [5.41, 5.74) is 0.969. The monoisotopic (exact) mass is 243 g/mol. The summed E-state index contributed by atoms with van der Waals surface area (Å²) in [6, 6.07) is 5.72. The Morgan fingerprint density at radius 1 is 1.44 bits per heavy atom. The first-order valence-electron chi connectivity index (χ1n) is 5.89. The van der Waals surface area contributed by atoms with Crippen molar-refractivity contribution in [2.24, 2.45) is 5.92 Å². The van der Waals surface area contributed by atoms with Crippen LogP contribution >= 0.6 is 0 Å². The molecular formula is C14H13NO3. The van der Waals surface area contributed by atoms with Gasteiger partial charge in [0.1, 0.15) is 0 Å². The second-order valence-electron chi connectivity index (χ2n) is 4.49. The summed E-state index contributed by atoms with van der Waals surface area (Å²) >= 11 is 0. The van der Waals surface area contributed by atoms with Gasteiger partial charge in [-0.05, 0) is 6.07 Å². The normalized spacial score (nSPS) is 21.2. The molecule has 0 aromatic heterocycles. The lowest BCUT2D eigenvalue weighted by Crippen LogP contribution is -2.24. The Morgan fingerprint density at radius 3 is 3.11 bits per heavy atom. The second-order valence-corrected chi connectivity index (χ2v) is 4.49. The highest BCUT2D eigenvalue weighted by Gasteiger charge is 2.29. The summed E-state index contributed by atoms with van der Waals surface area (Å²) in [5, 5.41) is 0. The molecule has 1 amide bonds. The van der Waals surface area contributed by atoms with Gasteiger partial charge in [0.15, 0.2) is 11.5 Å². The first-order valence-corrected chi connectivity index (χ1v) is 5.89. The van der Waals surface area contributed by atoms with Crippen LogP contribution in [0.3, 0.4) is 0 Å². The number of amides is 1. The molecule has 0 aliphatic carbocycles. The lowest BCUT2D eigenvalue weighted by molar-refractivity contribution is -0.128. The van der Waals surface area contributed by atoms with E-state index in [4.69, 9.17) is 15.9 Å². The van der Waals surface area contributed by atoms with E-state index in [1.807, 2.05) is 18.2 Å². The standard InChI is InChI=1S/C14H13NO3/c1-2-10-6-13(16)15(7-10)8-11-4-3-5-12-14(11)18-9-17-12/h1,3-5,10H,6-9H2. The van der Waals surface area contributed by atoms with Crippen molar-refractivity contribution < 1.29 is 14.3 Å². The highest BCUT2D eigenvalue weighted by atomic mass is 16.7. The molecule has 1 aromatic carbocycles. The summed E-state index contributed by atoms with van der Waals surface area (Å²) < 4.78 is 10.7. The fourth-order valence-corrected chi connectivity index (χ4v) is 2.36. The van der Waals surface area contributed by atoms with Gasteiger partial charge in [0.2, 0.25) is 12.7 Å². The zero-order chi connectivity index (χ0) is 12.5. The Bertz CT molecular complexity index is 532. The maximum Gasteiger partial charge on any atom is 0.231 e. The Kier molecular flexibility index (Phi) is 2.60. The Hall–Kier alpha value is -2.15. The third-order valence-electron chi connectivity index (χ3n) is 3.29. The van der Waals surface area contributed by atoms with Crippen molar-refractivity contribution in [2.75, 3.05) is 13.3 Å². The van der Waals surface area contributed by atoms with Crippen LogP contribution in [0.15, 0.2) is 18.2 Å². The van der Waals surface area contributed by atoms with E-state index in [1.54, 1.807) is 4.90 Å². The molecule has 1 unspecified atom stereocenters. The molecule has 1 fully saturated rings. The molecular weight excluding hydrogens is 230 g/mol. The number of hydrogen-bond donors (Lipinski definition) is 0. The van der Waals surface area contributed by atoms with Crippen LogP contribution in [0.1, 0.15) is 12.0 Å². The van der Waals surface area contributed by atoms with Crippen LogP contribution in [0, 0.1) is 18.3 Å². The summed E-state index contributed by atoms with van der Waals surface area (Å²) in [6.45, 7) is 1.40. The number of nitrogens with zero attached hydrogens (tertiary/aromatic N) is 1. The molecule has 1 atom stereocenters. The second kappa shape index (κ2) is 4.26. The molecule has 0 N–H and O–H groups in total. The minimum Gasteiger partial charge on any atom is -0.454 e. The lowest BCUT2D eigenvalue weighted by Gasteiger charge is -2.16. The van der Waals surface area contributed by atoms with Gasteiger partial charge in [-0.2, -0.15) is 0 Å². The van der Waals surface area contributed by atoms with E-state index in [9.17, 15) is 4.79 Å². The van der Waals surface area contributed by atoms with Crippen LogP contribution in [0.5, 0.6) is 11.5 Å². The smallest absolute Gasteiger partial charge is 0.231 e. The number of carbonyl (C=O) groups is 1. The predicted octanol–water partition coefficient (Wildman–Crippen LogP) is 1.40. The average molecular weight is 243 g/mol. The molecule has 2 aliphatic heterocycles. The Morgan fingerprint density at radius 2 is 2.33 bits per heavy atom. The van der Waals surface area contributed by atoms with Gasteiger partial charge in [-0.3, -0.25) is 4.79 Å². The van der Waals surface area contributed by atoms with Crippen molar-refractivity contribution in [1.29, 1.82) is 0 Å². The first-order chi connectivity index (χ1) is 8.78. The fraction of sp³-hybridized carbons (Fsp3) is 0.357. The molecule has 4 heteroatoms. The molecule has 3 rings (SSSR count). The van der Waals surface area contributed by atoms with E-state index in [1.165, 1.54) is 0 Å². The molecule has 0 saturated carbocycles. The van der Waals surface area contributed by atoms with E-state index in [0.717, 1.165) is 17.1 Å². The summed E-state index contributed by atoms with van der Waals surface area (Å²) in [4.78, 5) is 13.6. The van der Waals surface area contributed by atoms with Crippen LogP contribution in [0.4, 0.5) is 0 Å². The number of hydrogen-bond acceptors (Lipinski definition) is 3. The van der Waals surface area contributed by atoms with Gasteiger partial charge in [-0.25, -0.2) is 0 Å². The number of ether oxygens (including phenoxy) is 2. The molecule has 0 spiro atoms. The lowest BCUT2D eigenvalue weighted by atomic mass is 10.1. The zero-order valence-corrected chi connectivity index (χ0v) is 9.89. The van der Waals surface area contributed by atoms with E-state index >= 15 is 0 Å². The number of fused-ring (bicyclic) bond motifs is 1.